The third-order valence-electron chi connectivity index (χ3n) is 4.95. The van der Waals surface area contributed by atoms with Gasteiger partial charge in [-0.25, -0.2) is 19.1 Å². The van der Waals surface area contributed by atoms with E-state index >= 15 is 0 Å². The molecule has 35 heavy (non-hydrogen) atoms. The number of carbonyl (C=O) groups is 1. The second-order valence-corrected chi connectivity index (χ2v) is 8.11. The number of hydrogen-bond acceptors (Lipinski definition) is 6. The Labute approximate surface area is 205 Å². The number of benzene rings is 2. The van der Waals surface area contributed by atoms with Crippen LogP contribution in [0.5, 0.6) is 0 Å². The van der Waals surface area contributed by atoms with Crippen LogP contribution >= 0.6 is 23.2 Å². The highest BCUT2D eigenvalue weighted by Crippen LogP contribution is 2.24. The summed E-state index contributed by atoms with van der Waals surface area (Å²) in [7, 11) is 0. The van der Waals surface area contributed by atoms with E-state index in [2.05, 4.69) is 15.2 Å². The van der Waals surface area contributed by atoms with Gasteiger partial charge in [-0.2, -0.15) is 13.2 Å². The number of aliphatic hydroxyl groups excluding tert-OH is 1. The molecule has 0 aliphatic rings. The van der Waals surface area contributed by atoms with Crippen molar-refractivity contribution in [3.8, 4) is 17.1 Å². The van der Waals surface area contributed by atoms with Gasteiger partial charge in [0.2, 0.25) is 0 Å². The molecule has 0 radical (unpaired) electrons. The molecule has 182 valence electrons. The van der Waals surface area contributed by atoms with Gasteiger partial charge in [0.25, 0.3) is 5.24 Å². The number of halogens is 5. The van der Waals surface area contributed by atoms with E-state index in [0.717, 1.165) is 9.25 Å². The van der Waals surface area contributed by atoms with Crippen LogP contribution in [0.3, 0.4) is 0 Å². The van der Waals surface area contributed by atoms with Gasteiger partial charge in [0, 0.05) is 10.6 Å². The SMILES string of the molecule is O=C(Cl)c1ccccc1-n1cnc(Cn2nc(-c3ccc(Cl)cc3)n(C[C@H](O)C(F)(F)F)c2=O)n1. The van der Waals surface area contributed by atoms with Gasteiger partial charge in [0.15, 0.2) is 17.8 Å². The van der Waals surface area contributed by atoms with Crippen molar-refractivity contribution >= 4 is 28.4 Å². The molecule has 0 bridgehead atoms. The van der Waals surface area contributed by atoms with Crippen LogP contribution < -0.4 is 5.69 Å². The van der Waals surface area contributed by atoms with E-state index in [1.54, 1.807) is 18.2 Å². The second kappa shape index (κ2) is 9.64. The molecule has 0 aliphatic heterocycles. The molecule has 14 heteroatoms. The van der Waals surface area contributed by atoms with Gasteiger partial charge >= 0.3 is 11.9 Å². The van der Waals surface area contributed by atoms with Crippen LogP contribution in [-0.2, 0) is 13.1 Å². The van der Waals surface area contributed by atoms with Gasteiger partial charge < -0.3 is 5.11 Å². The van der Waals surface area contributed by atoms with E-state index in [9.17, 15) is 27.9 Å². The molecule has 0 fully saturated rings. The summed E-state index contributed by atoms with van der Waals surface area (Å²) in [6.45, 7) is -1.36. The van der Waals surface area contributed by atoms with Crippen molar-refractivity contribution in [1.82, 2.24) is 29.1 Å². The number of para-hydroxylation sites is 1. The van der Waals surface area contributed by atoms with Gasteiger partial charge in [-0.15, -0.1) is 10.2 Å². The summed E-state index contributed by atoms with van der Waals surface area (Å²) in [5.41, 5.74) is -0.0731. The van der Waals surface area contributed by atoms with Gasteiger partial charge in [-0.05, 0) is 48.0 Å². The molecule has 0 saturated heterocycles. The van der Waals surface area contributed by atoms with Crippen molar-refractivity contribution in [2.45, 2.75) is 25.4 Å². The smallest absolute Gasteiger partial charge is 0.382 e. The largest absolute Gasteiger partial charge is 0.416 e. The zero-order valence-corrected chi connectivity index (χ0v) is 19.0. The first kappa shape index (κ1) is 24.6. The fraction of sp³-hybridized carbons (Fsp3) is 0.190. The Morgan fingerprint density at radius 2 is 1.77 bits per heavy atom. The molecule has 0 unspecified atom stereocenters. The van der Waals surface area contributed by atoms with Crippen LogP contribution in [0.4, 0.5) is 13.2 Å². The lowest BCUT2D eigenvalue weighted by atomic mass is 10.2. The lowest BCUT2D eigenvalue weighted by Gasteiger charge is -2.15. The maximum atomic E-state index is 13.0. The van der Waals surface area contributed by atoms with Crippen LogP contribution in [-0.4, -0.2) is 51.7 Å². The minimum Gasteiger partial charge on any atom is -0.382 e. The number of rotatable bonds is 7. The number of hydrogen-bond donors (Lipinski definition) is 1. The van der Waals surface area contributed by atoms with Crippen molar-refractivity contribution in [2.24, 2.45) is 0 Å². The summed E-state index contributed by atoms with van der Waals surface area (Å²) in [4.78, 5) is 28.7. The quantitative estimate of drug-likeness (QED) is 0.370. The van der Waals surface area contributed by atoms with E-state index < -0.39 is 29.8 Å². The average molecular weight is 527 g/mol. The van der Waals surface area contributed by atoms with Crippen molar-refractivity contribution in [3.63, 3.8) is 0 Å². The summed E-state index contributed by atoms with van der Waals surface area (Å²) >= 11 is 11.5. The predicted octanol–water partition coefficient (Wildman–Crippen LogP) is 3.30. The first-order valence-electron chi connectivity index (χ1n) is 9.92. The lowest BCUT2D eigenvalue weighted by Crippen LogP contribution is -2.37. The number of carbonyl (C=O) groups excluding carboxylic acids is 1. The topological polar surface area (TPSA) is 108 Å². The van der Waals surface area contributed by atoms with Crippen molar-refractivity contribution in [1.29, 1.82) is 0 Å². The van der Waals surface area contributed by atoms with E-state index in [0.29, 0.717) is 16.3 Å². The average Bonchev–Trinajstić information content (AvgIpc) is 3.39. The molecular weight excluding hydrogens is 512 g/mol. The van der Waals surface area contributed by atoms with E-state index in [1.165, 1.54) is 41.3 Å². The Kier molecular flexibility index (Phi) is 6.79. The van der Waals surface area contributed by atoms with Crippen LogP contribution in [0.2, 0.25) is 5.02 Å². The fourth-order valence-electron chi connectivity index (χ4n) is 3.26. The van der Waals surface area contributed by atoms with Crippen molar-refractivity contribution < 1.29 is 23.1 Å². The van der Waals surface area contributed by atoms with Crippen LogP contribution in [0.25, 0.3) is 17.1 Å². The van der Waals surface area contributed by atoms with Gasteiger partial charge in [-0.1, -0.05) is 23.7 Å². The standard InChI is InChI=1S/C21H15Cl2F3N6O3/c22-13-7-5-12(6-8-13)19-29-31(20(35)30(19)9-16(33)21(24,25)26)10-17-27-11-32(28-17)15-4-2-1-3-14(15)18(23)34/h1-8,11,16,33H,9-10H2/t16-/m0/s1. The second-order valence-electron chi connectivity index (χ2n) is 7.33. The maximum absolute atomic E-state index is 13.0. The fourth-order valence-corrected chi connectivity index (χ4v) is 3.54. The molecular formula is C21H15Cl2F3N6O3. The molecule has 1 N–H and O–H groups in total. The summed E-state index contributed by atoms with van der Waals surface area (Å²) in [6.07, 6.45) is -6.43. The Bertz CT molecular complexity index is 1430. The number of nitrogens with zero attached hydrogens (tertiary/aromatic N) is 6. The minimum atomic E-state index is -4.94. The molecule has 4 rings (SSSR count). The number of alkyl halides is 3. The van der Waals surface area contributed by atoms with Crippen molar-refractivity contribution in [2.75, 3.05) is 0 Å². The molecule has 2 heterocycles. The predicted molar refractivity (Wildman–Crippen MR) is 120 cm³/mol. The monoisotopic (exact) mass is 526 g/mol. The third kappa shape index (κ3) is 5.29. The molecule has 9 nitrogen and oxygen atoms in total. The molecule has 0 spiro atoms. The highest BCUT2D eigenvalue weighted by Gasteiger charge is 2.39. The van der Waals surface area contributed by atoms with E-state index in [1.807, 2.05) is 0 Å². The summed E-state index contributed by atoms with van der Waals surface area (Å²) < 4.78 is 41.9. The lowest BCUT2D eigenvalue weighted by molar-refractivity contribution is -0.207. The Morgan fingerprint density at radius 3 is 2.43 bits per heavy atom. The van der Waals surface area contributed by atoms with Gasteiger partial charge in [0.05, 0.1) is 17.8 Å². The molecule has 2 aromatic carbocycles. The van der Waals surface area contributed by atoms with Crippen molar-refractivity contribution in [3.05, 3.63) is 81.8 Å². The summed E-state index contributed by atoms with van der Waals surface area (Å²) in [5, 5.41) is 17.6. The molecule has 0 saturated carbocycles. The minimum absolute atomic E-state index is 0.0904. The molecule has 2 aromatic heterocycles. The first-order chi connectivity index (χ1) is 16.5. The van der Waals surface area contributed by atoms with Crippen LogP contribution in [0.15, 0.2) is 59.7 Å². The molecule has 0 amide bonds. The summed E-state index contributed by atoms with van der Waals surface area (Å²) in [6, 6.07) is 12.3. The number of aromatic nitrogens is 6. The van der Waals surface area contributed by atoms with Crippen LogP contribution in [0, 0.1) is 0 Å². The Morgan fingerprint density at radius 1 is 1.09 bits per heavy atom. The van der Waals surface area contributed by atoms with Gasteiger partial charge in [0.1, 0.15) is 12.9 Å². The summed E-state index contributed by atoms with van der Waals surface area (Å²) in [5.74, 6) is -0.0138. The Hall–Kier alpha value is -3.48. The zero-order chi connectivity index (χ0) is 25.3. The zero-order valence-electron chi connectivity index (χ0n) is 17.5. The molecule has 0 aliphatic carbocycles. The highest BCUT2D eigenvalue weighted by molar-refractivity contribution is 6.68. The molecule has 1 atom stereocenters. The van der Waals surface area contributed by atoms with Gasteiger partial charge in [-0.3, -0.25) is 9.36 Å². The maximum Gasteiger partial charge on any atom is 0.416 e. The first-order valence-corrected chi connectivity index (χ1v) is 10.7. The highest BCUT2D eigenvalue weighted by atomic mass is 35.5. The van der Waals surface area contributed by atoms with E-state index in [-0.39, 0.29) is 23.8 Å². The normalized spacial score (nSPS) is 12.6. The molecule has 4 aromatic rings. The van der Waals surface area contributed by atoms with Crippen LogP contribution in [0.1, 0.15) is 16.2 Å². The third-order valence-corrected chi connectivity index (χ3v) is 5.41. The van der Waals surface area contributed by atoms with E-state index in [4.69, 9.17) is 23.2 Å². The Balaban J connectivity index is 1.71. The number of aliphatic hydroxyl groups is 1.